The van der Waals surface area contributed by atoms with Gasteiger partial charge in [0.1, 0.15) is 25.1 Å². The van der Waals surface area contributed by atoms with Crippen molar-refractivity contribution in [2.45, 2.75) is 150 Å². The molecule has 0 aromatic rings. The van der Waals surface area contributed by atoms with E-state index < -0.39 is 48.8 Å². The van der Waals surface area contributed by atoms with Crippen molar-refractivity contribution in [1.82, 2.24) is 0 Å². The number of Topliss-reactive ketones (excluding diaryl/α,β-unsaturated/α-hetero) is 1. The van der Waals surface area contributed by atoms with E-state index >= 15 is 0 Å². The quantitative estimate of drug-likeness (QED) is 0.0837. The largest absolute Gasteiger partial charge is 0.511 e. The Labute approximate surface area is 309 Å². The van der Waals surface area contributed by atoms with Gasteiger partial charge >= 0.3 is 30.0 Å². The van der Waals surface area contributed by atoms with Gasteiger partial charge in [0, 0.05) is 31.6 Å². The molecule has 4 aliphatic carbocycles. The van der Waals surface area contributed by atoms with Crippen molar-refractivity contribution in [3.8, 4) is 0 Å². The Bertz CT molecular complexity index is 1260. The van der Waals surface area contributed by atoms with Gasteiger partial charge in [0.15, 0.2) is 6.10 Å². The maximum absolute atomic E-state index is 12.6. The van der Waals surface area contributed by atoms with Crippen LogP contribution in [0.1, 0.15) is 138 Å². The summed E-state index contributed by atoms with van der Waals surface area (Å²) < 4.78 is 31.6. The zero-order valence-corrected chi connectivity index (χ0v) is 32.2. The van der Waals surface area contributed by atoms with Gasteiger partial charge in [0.2, 0.25) is 6.79 Å². The number of ketones is 1. The lowest BCUT2D eigenvalue weighted by Gasteiger charge is -2.61. The van der Waals surface area contributed by atoms with Crippen LogP contribution in [0.4, 0.5) is 4.79 Å². The Balaban J connectivity index is 1.15. The van der Waals surface area contributed by atoms with E-state index in [9.17, 15) is 28.8 Å². The summed E-state index contributed by atoms with van der Waals surface area (Å²) in [6.45, 7) is 10.8. The fourth-order valence-electron chi connectivity index (χ4n) is 10.3. The molecule has 4 fully saturated rings. The number of hydrogen-bond donors (Lipinski definition) is 0. The van der Waals surface area contributed by atoms with Gasteiger partial charge in [-0.25, -0.2) is 4.79 Å². The van der Waals surface area contributed by atoms with Crippen molar-refractivity contribution < 1.29 is 57.2 Å². The summed E-state index contributed by atoms with van der Waals surface area (Å²) >= 11 is 0. The van der Waals surface area contributed by atoms with Gasteiger partial charge in [0.25, 0.3) is 0 Å². The fourth-order valence-corrected chi connectivity index (χ4v) is 10.3. The maximum atomic E-state index is 12.6. The van der Waals surface area contributed by atoms with Gasteiger partial charge < -0.3 is 28.4 Å². The summed E-state index contributed by atoms with van der Waals surface area (Å²) in [5.41, 5.74) is 0.335. The third-order valence-corrected chi connectivity index (χ3v) is 12.9. The minimum atomic E-state index is -0.974. The highest BCUT2D eigenvalue weighted by Crippen LogP contribution is 2.67. The van der Waals surface area contributed by atoms with Crippen LogP contribution in [-0.2, 0) is 52.4 Å². The molecule has 0 aromatic carbocycles. The van der Waals surface area contributed by atoms with Crippen molar-refractivity contribution in [1.29, 1.82) is 0 Å². The number of fused-ring (bicyclic) bond motifs is 5. The molecular formula is C40H62O12. The molecule has 0 radical (unpaired) electrons. The van der Waals surface area contributed by atoms with Gasteiger partial charge in [-0.2, -0.15) is 0 Å². The Morgan fingerprint density at radius 1 is 0.692 bits per heavy atom. The molecule has 9 atom stereocenters. The summed E-state index contributed by atoms with van der Waals surface area (Å²) in [4.78, 5) is 73.6. The molecule has 0 aromatic heterocycles. The van der Waals surface area contributed by atoms with Crippen LogP contribution in [0.5, 0.6) is 0 Å². The summed E-state index contributed by atoms with van der Waals surface area (Å²) in [7, 11) is 0. The maximum Gasteiger partial charge on any atom is 0.511 e. The fraction of sp³-hybridized carbons (Fsp3) is 0.850. The first-order valence-corrected chi connectivity index (χ1v) is 19.7. The van der Waals surface area contributed by atoms with Gasteiger partial charge in [-0.05, 0) is 118 Å². The zero-order valence-electron chi connectivity index (χ0n) is 32.2. The average molecular weight is 735 g/mol. The van der Waals surface area contributed by atoms with Crippen molar-refractivity contribution in [2.24, 2.45) is 46.3 Å². The molecule has 0 spiro atoms. The molecule has 52 heavy (non-hydrogen) atoms. The number of esters is 4. The second-order valence-corrected chi connectivity index (χ2v) is 16.5. The summed E-state index contributed by atoms with van der Waals surface area (Å²) in [6, 6.07) is 0. The SMILES string of the molecule is CCCC(=O)OCC(COC(=O)CCC)OC(=O)CC(C)CC(=O)OCOC(=O)O[C@@H]1CC[C@@]2(C)[C@@H](CC[C@@H]3[C@@H]2CC[C@]2(C)[C@@H](C(C)=O)CC[C@@H]32)C1. The highest BCUT2D eigenvalue weighted by molar-refractivity contribution is 5.79. The van der Waals surface area contributed by atoms with Crippen LogP contribution in [0.2, 0.25) is 0 Å². The average Bonchev–Trinajstić information content (AvgIpc) is 3.44. The minimum absolute atomic E-state index is 0.129. The third kappa shape index (κ3) is 10.5. The lowest BCUT2D eigenvalue weighted by Crippen LogP contribution is -2.54. The van der Waals surface area contributed by atoms with Crippen LogP contribution in [0.15, 0.2) is 0 Å². The minimum Gasteiger partial charge on any atom is -0.462 e. The second-order valence-electron chi connectivity index (χ2n) is 16.5. The molecular weight excluding hydrogens is 672 g/mol. The standard InChI is InChI=1S/C40H62O12/c1-7-9-34(42)47-22-29(23-48-35(43)10-8-2)51-37(45)20-25(3)19-36(44)49-24-50-38(46)52-28-15-17-39(5)27(21-28)11-12-30-32-14-13-31(26(4)41)40(32,6)18-16-33(30)39/h25,27-33H,7-24H2,1-6H3/t25?,27-,28+,30-,31+,32-,33-,39-,40+/m0/s1. The van der Waals surface area contributed by atoms with Gasteiger partial charge in [0.05, 0.1) is 0 Å². The summed E-state index contributed by atoms with van der Waals surface area (Å²) in [5.74, 6) is 0.274. The first kappa shape index (κ1) is 41.6. The van der Waals surface area contributed by atoms with Crippen LogP contribution in [-0.4, -0.2) is 68.0 Å². The van der Waals surface area contributed by atoms with E-state index in [1.807, 2.05) is 13.8 Å². The Morgan fingerprint density at radius 3 is 1.94 bits per heavy atom. The Morgan fingerprint density at radius 2 is 1.31 bits per heavy atom. The molecule has 0 aliphatic heterocycles. The van der Waals surface area contributed by atoms with E-state index in [2.05, 4.69) is 13.8 Å². The van der Waals surface area contributed by atoms with E-state index in [1.54, 1.807) is 13.8 Å². The highest BCUT2D eigenvalue weighted by Gasteiger charge is 2.61. The van der Waals surface area contributed by atoms with Crippen LogP contribution in [0, 0.1) is 46.3 Å². The van der Waals surface area contributed by atoms with Gasteiger partial charge in [-0.15, -0.1) is 0 Å². The molecule has 0 amide bonds. The molecule has 0 saturated heterocycles. The van der Waals surface area contributed by atoms with Crippen LogP contribution in [0.3, 0.4) is 0 Å². The Hall–Kier alpha value is -3.18. The molecule has 0 N–H and O–H groups in total. The normalized spacial score (nSPS) is 31.2. The molecule has 12 heteroatoms. The first-order chi connectivity index (χ1) is 24.7. The molecule has 4 rings (SSSR count). The van der Waals surface area contributed by atoms with Crippen molar-refractivity contribution in [3.05, 3.63) is 0 Å². The number of carbonyl (C=O) groups is 6. The van der Waals surface area contributed by atoms with Crippen molar-refractivity contribution in [3.63, 3.8) is 0 Å². The van der Waals surface area contributed by atoms with Gasteiger partial charge in [-0.3, -0.25) is 24.0 Å². The molecule has 4 aliphatic rings. The lowest BCUT2D eigenvalue weighted by atomic mass is 9.44. The van der Waals surface area contributed by atoms with Crippen LogP contribution >= 0.6 is 0 Å². The summed E-state index contributed by atoms with van der Waals surface area (Å²) in [5, 5.41) is 0. The van der Waals surface area contributed by atoms with Crippen LogP contribution in [0.25, 0.3) is 0 Å². The third-order valence-electron chi connectivity index (χ3n) is 12.9. The van der Waals surface area contributed by atoms with E-state index in [0.29, 0.717) is 42.3 Å². The summed E-state index contributed by atoms with van der Waals surface area (Å²) in [6.07, 6.45) is 8.56. The molecule has 0 heterocycles. The number of ether oxygens (including phenoxy) is 6. The molecule has 12 nitrogen and oxygen atoms in total. The predicted molar refractivity (Wildman–Crippen MR) is 188 cm³/mol. The van der Waals surface area contributed by atoms with Gasteiger partial charge in [-0.1, -0.05) is 34.6 Å². The topological polar surface area (TPSA) is 158 Å². The van der Waals surface area contributed by atoms with Crippen LogP contribution < -0.4 is 0 Å². The van der Waals surface area contributed by atoms with E-state index in [0.717, 1.165) is 44.9 Å². The number of hydrogen-bond acceptors (Lipinski definition) is 12. The number of rotatable bonds is 17. The van der Waals surface area contributed by atoms with E-state index in [4.69, 9.17) is 28.4 Å². The highest BCUT2D eigenvalue weighted by atomic mass is 16.8. The molecule has 294 valence electrons. The lowest BCUT2D eigenvalue weighted by molar-refractivity contribution is -0.168. The number of carbonyl (C=O) groups excluding carboxylic acids is 6. The molecule has 0 bridgehead atoms. The Kier molecular flexibility index (Phi) is 15.0. The second kappa shape index (κ2) is 18.7. The smallest absolute Gasteiger partial charge is 0.462 e. The van der Waals surface area contributed by atoms with E-state index in [1.165, 1.54) is 12.8 Å². The molecule has 4 saturated carbocycles. The molecule has 1 unspecified atom stereocenters. The zero-order chi connectivity index (χ0) is 38.1. The van der Waals surface area contributed by atoms with E-state index in [-0.39, 0.29) is 61.7 Å². The van der Waals surface area contributed by atoms with Crippen molar-refractivity contribution >= 4 is 35.8 Å². The van der Waals surface area contributed by atoms with Crippen molar-refractivity contribution in [2.75, 3.05) is 20.0 Å². The monoisotopic (exact) mass is 734 g/mol. The first-order valence-electron chi connectivity index (χ1n) is 19.7. The predicted octanol–water partition coefficient (Wildman–Crippen LogP) is 7.27.